The van der Waals surface area contributed by atoms with E-state index in [0.29, 0.717) is 10.7 Å². The van der Waals surface area contributed by atoms with Gasteiger partial charge in [-0.15, -0.1) is 0 Å². The SMILES string of the molecule is O=C(Nc1cc(Cl)ccc1C(=O)O)Nc1ccccc1-c1ccccc1. The number of hydrogen-bond donors (Lipinski definition) is 3. The minimum atomic E-state index is -1.15. The predicted molar refractivity (Wildman–Crippen MR) is 103 cm³/mol. The Kier molecular flexibility index (Phi) is 5.20. The lowest BCUT2D eigenvalue weighted by Crippen LogP contribution is -2.21. The molecule has 0 unspecified atom stereocenters. The molecule has 0 spiro atoms. The van der Waals surface area contributed by atoms with Gasteiger partial charge in [0.25, 0.3) is 0 Å². The van der Waals surface area contributed by atoms with E-state index < -0.39 is 12.0 Å². The van der Waals surface area contributed by atoms with Gasteiger partial charge in [0.1, 0.15) is 0 Å². The number of carbonyl (C=O) groups excluding carboxylic acids is 1. The average molecular weight is 367 g/mol. The standard InChI is InChI=1S/C20H15ClN2O3/c21-14-10-11-16(19(24)25)18(12-14)23-20(26)22-17-9-5-4-8-15(17)13-6-2-1-3-7-13/h1-12H,(H,24,25)(H2,22,23,26). The smallest absolute Gasteiger partial charge is 0.337 e. The second kappa shape index (κ2) is 7.72. The van der Waals surface area contributed by atoms with Crippen molar-refractivity contribution in [1.82, 2.24) is 0 Å². The van der Waals surface area contributed by atoms with Crippen molar-refractivity contribution in [2.75, 3.05) is 10.6 Å². The summed E-state index contributed by atoms with van der Waals surface area (Å²) in [5.74, 6) is -1.15. The summed E-state index contributed by atoms with van der Waals surface area (Å²) in [5.41, 5.74) is 2.50. The fraction of sp³-hybridized carbons (Fsp3) is 0. The topological polar surface area (TPSA) is 78.4 Å². The van der Waals surface area contributed by atoms with Crippen LogP contribution in [-0.4, -0.2) is 17.1 Å². The molecule has 0 atom stereocenters. The lowest BCUT2D eigenvalue weighted by molar-refractivity contribution is 0.0698. The summed E-state index contributed by atoms with van der Waals surface area (Å²) in [6, 6.07) is 20.6. The molecule has 3 aromatic rings. The number of rotatable bonds is 4. The van der Waals surface area contributed by atoms with E-state index in [1.807, 2.05) is 48.5 Å². The number of halogens is 1. The molecule has 0 bridgehead atoms. The van der Waals surface area contributed by atoms with E-state index in [-0.39, 0.29) is 11.3 Å². The van der Waals surface area contributed by atoms with Crippen LogP contribution < -0.4 is 10.6 Å². The van der Waals surface area contributed by atoms with Crippen molar-refractivity contribution in [3.8, 4) is 11.1 Å². The van der Waals surface area contributed by atoms with Crippen LogP contribution in [0.1, 0.15) is 10.4 Å². The van der Waals surface area contributed by atoms with Crippen molar-refractivity contribution in [2.45, 2.75) is 0 Å². The number of nitrogens with one attached hydrogen (secondary N) is 2. The van der Waals surface area contributed by atoms with Crippen molar-refractivity contribution in [1.29, 1.82) is 0 Å². The van der Waals surface area contributed by atoms with E-state index in [9.17, 15) is 14.7 Å². The number of carboxylic acid groups (broad SMARTS) is 1. The molecular formula is C20H15ClN2O3. The van der Waals surface area contributed by atoms with E-state index in [0.717, 1.165) is 11.1 Å². The summed E-state index contributed by atoms with van der Waals surface area (Å²) in [4.78, 5) is 23.7. The summed E-state index contributed by atoms with van der Waals surface area (Å²) < 4.78 is 0. The molecule has 0 heterocycles. The zero-order valence-electron chi connectivity index (χ0n) is 13.6. The molecule has 0 fully saturated rings. The third-order valence-corrected chi connectivity index (χ3v) is 3.96. The van der Waals surface area contributed by atoms with E-state index in [2.05, 4.69) is 10.6 Å². The molecule has 0 aliphatic rings. The molecule has 130 valence electrons. The van der Waals surface area contributed by atoms with Crippen molar-refractivity contribution in [2.24, 2.45) is 0 Å². The van der Waals surface area contributed by atoms with Gasteiger partial charge in [-0.05, 0) is 29.8 Å². The molecule has 0 saturated carbocycles. The Balaban J connectivity index is 1.84. The Morgan fingerprint density at radius 2 is 1.46 bits per heavy atom. The first kappa shape index (κ1) is 17.5. The van der Waals surface area contributed by atoms with E-state index >= 15 is 0 Å². The molecule has 0 radical (unpaired) electrons. The first-order valence-electron chi connectivity index (χ1n) is 7.80. The van der Waals surface area contributed by atoms with Crippen LogP contribution in [0.5, 0.6) is 0 Å². The number of anilines is 2. The fourth-order valence-electron chi connectivity index (χ4n) is 2.54. The zero-order valence-corrected chi connectivity index (χ0v) is 14.3. The van der Waals surface area contributed by atoms with Gasteiger partial charge in [-0.3, -0.25) is 0 Å². The van der Waals surface area contributed by atoms with Gasteiger partial charge in [0.05, 0.1) is 16.9 Å². The van der Waals surface area contributed by atoms with Gasteiger partial charge in [-0.2, -0.15) is 0 Å². The van der Waals surface area contributed by atoms with Gasteiger partial charge < -0.3 is 15.7 Å². The number of amides is 2. The number of carboxylic acids is 1. The second-order valence-electron chi connectivity index (χ2n) is 5.49. The maximum atomic E-state index is 12.4. The number of urea groups is 1. The molecule has 3 rings (SSSR count). The summed E-state index contributed by atoms with van der Waals surface area (Å²) >= 11 is 5.91. The largest absolute Gasteiger partial charge is 0.478 e. The number of hydrogen-bond acceptors (Lipinski definition) is 2. The Morgan fingerprint density at radius 3 is 2.19 bits per heavy atom. The zero-order chi connectivity index (χ0) is 18.5. The van der Waals surface area contributed by atoms with Gasteiger partial charge in [0.15, 0.2) is 0 Å². The van der Waals surface area contributed by atoms with Crippen molar-refractivity contribution in [3.05, 3.63) is 83.4 Å². The van der Waals surface area contributed by atoms with E-state index in [1.165, 1.54) is 18.2 Å². The van der Waals surface area contributed by atoms with Crippen molar-refractivity contribution in [3.63, 3.8) is 0 Å². The third kappa shape index (κ3) is 4.02. The van der Waals surface area contributed by atoms with Crippen molar-refractivity contribution >= 4 is 35.0 Å². The molecule has 3 N–H and O–H groups in total. The maximum Gasteiger partial charge on any atom is 0.337 e. The highest BCUT2D eigenvalue weighted by molar-refractivity contribution is 6.31. The molecule has 0 aromatic heterocycles. The van der Waals surface area contributed by atoms with Crippen LogP contribution in [0.3, 0.4) is 0 Å². The van der Waals surface area contributed by atoms with Crippen LogP contribution in [0.4, 0.5) is 16.2 Å². The molecule has 5 nitrogen and oxygen atoms in total. The van der Waals surface area contributed by atoms with Crippen LogP contribution in [0, 0.1) is 0 Å². The van der Waals surface area contributed by atoms with Gasteiger partial charge in [-0.25, -0.2) is 9.59 Å². The Bertz CT molecular complexity index is 958. The Hall–Kier alpha value is -3.31. The summed E-state index contributed by atoms with van der Waals surface area (Å²) in [5, 5.41) is 14.9. The van der Waals surface area contributed by atoms with Crippen LogP contribution in [0.2, 0.25) is 5.02 Å². The average Bonchev–Trinajstić information content (AvgIpc) is 2.62. The van der Waals surface area contributed by atoms with Gasteiger partial charge in [0.2, 0.25) is 0 Å². The predicted octanol–water partition coefficient (Wildman–Crippen LogP) is 5.35. The highest BCUT2D eigenvalue weighted by Gasteiger charge is 2.14. The van der Waals surface area contributed by atoms with Crippen molar-refractivity contribution < 1.29 is 14.7 Å². The summed E-state index contributed by atoms with van der Waals surface area (Å²) in [6.07, 6.45) is 0. The van der Waals surface area contributed by atoms with Gasteiger partial charge in [0, 0.05) is 10.6 Å². The molecule has 3 aromatic carbocycles. The molecular weight excluding hydrogens is 352 g/mol. The highest BCUT2D eigenvalue weighted by Crippen LogP contribution is 2.28. The van der Waals surface area contributed by atoms with Crippen LogP contribution in [-0.2, 0) is 0 Å². The molecule has 6 heteroatoms. The van der Waals surface area contributed by atoms with E-state index in [1.54, 1.807) is 6.07 Å². The molecule has 0 aliphatic carbocycles. The normalized spacial score (nSPS) is 10.2. The minimum Gasteiger partial charge on any atom is -0.478 e. The fourth-order valence-corrected chi connectivity index (χ4v) is 2.72. The summed E-state index contributed by atoms with van der Waals surface area (Å²) in [7, 11) is 0. The first-order chi connectivity index (χ1) is 12.5. The lowest BCUT2D eigenvalue weighted by Gasteiger charge is -2.13. The Labute approximate surface area is 155 Å². The highest BCUT2D eigenvalue weighted by atomic mass is 35.5. The molecule has 26 heavy (non-hydrogen) atoms. The second-order valence-corrected chi connectivity index (χ2v) is 5.92. The van der Waals surface area contributed by atoms with Crippen LogP contribution in [0.25, 0.3) is 11.1 Å². The minimum absolute atomic E-state index is 0.0408. The third-order valence-electron chi connectivity index (χ3n) is 3.72. The molecule has 0 aliphatic heterocycles. The Morgan fingerprint density at radius 1 is 0.808 bits per heavy atom. The monoisotopic (exact) mass is 366 g/mol. The maximum absolute atomic E-state index is 12.4. The number of para-hydroxylation sites is 1. The van der Waals surface area contributed by atoms with Crippen LogP contribution >= 0.6 is 11.6 Å². The molecule has 0 saturated heterocycles. The number of carbonyl (C=O) groups is 2. The number of benzene rings is 3. The summed E-state index contributed by atoms with van der Waals surface area (Å²) in [6.45, 7) is 0. The van der Waals surface area contributed by atoms with Crippen LogP contribution in [0.15, 0.2) is 72.8 Å². The van der Waals surface area contributed by atoms with Gasteiger partial charge in [-0.1, -0.05) is 60.1 Å². The molecule has 2 amide bonds. The van der Waals surface area contributed by atoms with E-state index in [4.69, 9.17) is 11.6 Å². The van der Waals surface area contributed by atoms with Gasteiger partial charge >= 0.3 is 12.0 Å². The number of aromatic carboxylic acids is 1. The quantitative estimate of drug-likeness (QED) is 0.582. The lowest BCUT2D eigenvalue weighted by atomic mass is 10.0. The first-order valence-corrected chi connectivity index (χ1v) is 8.17.